The monoisotopic (exact) mass is 292 g/mol. The van der Waals surface area contributed by atoms with Gasteiger partial charge in [0.05, 0.1) is 11.6 Å². The van der Waals surface area contributed by atoms with E-state index >= 15 is 0 Å². The van der Waals surface area contributed by atoms with Gasteiger partial charge in [0.2, 0.25) is 0 Å². The third kappa shape index (κ3) is 6.46. The maximum Gasteiger partial charge on any atom is 0.416 e. The summed E-state index contributed by atoms with van der Waals surface area (Å²) in [7, 11) is 0. The first-order valence-electron chi connectivity index (χ1n) is 5.70. The molecular weight excluding hydrogens is 277 g/mol. The highest BCUT2D eigenvalue weighted by atomic mass is 35.5. The van der Waals surface area contributed by atoms with Gasteiger partial charge in [-0.3, -0.25) is 0 Å². The summed E-state index contributed by atoms with van der Waals surface area (Å²) < 4.78 is 37.5. The Morgan fingerprint density at radius 1 is 1.37 bits per heavy atom. The van der Waals surface area contributed by atoms with E-state index in [9.17, 15) is 13.2 Å². The van der Waals surface area contributed by atoms with Crippen molar-refractivity contribution in [1.29, 1.82) is 5.26 Å². The van der Waals surface area contributed by atoms with E-state index in [1.54, 1.807) is 6.07 Å². The first-order valence-corrected chi connectivity index (χ1v) is 5.70. The topological polar surface area (TPSA) is 35.8 Å². The molecule has 6 heteroatoms. The highest BCUT2D eigenvalue weighted by Gasteiger charge is 2.30. The summed E-state index contributed by atoms with van der Waals surface area (Å²) in [6.07, 6.45) is -3.39. The average molecular weight is 293 g/mol. The number of rotatable bonds is 5. The van der Waals surface area contributed by atoms with Crippen molar-refractivity contribution in [2.75, 3.05) is 6.54 Å². The zero-order chi connectivity index (χ0) is 13.6. The average Bonchev–Trinajstić information content (AvgIpc) is 2.28. The van der Waals surface area contributed by atoms with Crippen molar-refractivity contribution < 1.29 is 13.2 Å². The van der Waals surface area contributed by atoms with E-state index in [4.69, 9.17) is 5.26 Å². The van der Waals surface area contributed by atoms with Crippen LogP contribution in [0.3, 0.4) is 0 Å². The minimum atomic E-state index is -4.30. The van der Waals surface area contributed by atoms with Crippen LogP contribution in [0.5, 0.6) is 0 Å². The van der Waals surface area contributed by atoms with Crippen molar-refractivity contribution in [3.05, 3.63) is 35.4 Å². The van der Waals surface area contributed by atoms with E-state index in [0.29, 0.717) is 24.9 Å². The van der Waals surface area contributed by atoms with E-state index in [1.165, 1.54) is 12.1 Å². The lowest BCUT2D eigenvalue weighted by molar-refractivity contribution is -0.137. The molecule has 0 aliphatic carbocycles. The lowest BCUT2D eigenvalue weighted by atomic mass is 10.0. The fourth-order valence-electron chi connectivity index (χ4n) is 1.67. The van der Waals surface area contributed by atoms with Crippen LogP contribution in [-0.2, 0) is 12.6 Å². The molecule has 1 N–H and O–H groups in total. The Kier molecular flexibility index (Phi) is 7.50. The van der Waals surface area contributed by atoms with Crippen LogP contribution >= 0.6 is 12.4 Å². The van der Waals surface area contributed by atoms with Gasteiger partial charge in [-0.25, -0.2) is 0 Å². The molecule has 0 fully saturated rings. The van der Waals surface area contributed by atoms with Crippen molar-refractivity contribution >= 4 is 12.4 Å². The van der Waals surface area contributed by atoms with Gasteiger partial charge in [0.1, 0.15) is 0 Å². The minimum Gasteiger partial charge on any atom is -0.313 e. The standard InChI is InChI=1S/C13H15F3N2.ClH/c1-10(18-7-3-6-17)8-11-4-2-5-12(9-11)13(14,15)16;/h2,4-5,9-10,18H,3,7-8H2,1H3;1H. The molecule has 1 aromatic rings. The van der Waals surface area contributed by atoms with Crippen LogP contribution in [0.2, 0.25) is 0 Å². The number of halogens is 4. The van der Waals surface area contributed by atoms with Gasteiger partial charge < -0.3 is 5.32 Å². The molecule has 0 aliphatic heterocycles. The summed E-state index contributed by atoms with van der Waals surface area (Å²) in [6, 6.07) is 7.38. The number of nitriles is 1. The molecule has 19 heavy (non-hydrogen) atoms. The Morgan fingerprint density at radius 3 is 2.63 bits per heavy atom. The van der Waals surface area contributed by atoms with Gasteiger partial charge in [-0.1, -0.05) is 18.2 Å². The van der Waals surface area contributed by atoms with Gasteiger partial charge >= 0.3 is 6.18 Å². The Bertz CT molecular complexity index is 427. The number of hydrogen-bond donors (Lipinski definition) is 1. The molecule has 0 radical (unpaired) electrons. The number of hydrogen-bond acceptors (Lipinski definition) is 2. The molecule has 0 bridgehead atoms. The molecule has 0 amide bonds. The Hall–Kier alpha value is -1.25. The van der Waals surface area contributed by atoms with E-state index in [2.05, 4.69) is 5.32 Å². The highest BCUT2D eigenvalue weighted by Crippen LogP contribution is 2.29. The molecule has 106 valence electrons. The number of alkyl halides is 3. The van der Waals surface area contributed by atoms with Crippen LogP contribution in [-0.4, -0.2) is 12.6 Å². The summed E-state index contributed by atoms with van der Waals surface area (Å²) in [5.41, 5.74) is 0.0195. The van der Waals surface area contributed by atoms with Crippen molar-refractivity contribution in [2.24, 2.45) is 0 Å². The van der Waals surface area contributed by atoms with Crippen LogP contribution in [0.25, 0.3) is 0 Å². The van der Waals surface area contributed by atoms with Gasteiger partial charge in [0.15, 0.2) is 0 Å². The van der Waals surface area contributed by atoms with Crippen LogP contribution < -0.4 is 5.32 Å². The van der Waals surface area contributed by atoms with Crippen LogP contribution in [0.4, 0.5) is 13.2 Å². The van der Waals surface area contributed by atoms with Crippen molar-refractivity contribution in [3.63, 3.8) is 0 Å². The van der Waals surface area contributed by atoms with Crippen molar-refractivity contribution in [3.8, 4) is 6.07 Å². The van der Waals surface area contributed by atoms with Gasteiger partial charge in [0, 0.05) is 19.0 Å². The smallest absolute Gasteiger partial charge is 0.313 e. The second kappa shape index (κ2) is 8.03. The van der Waals surface area contributed by atoms with Crippen LogP contribution in [0.15, 0.2) is 24.3 Å². The normalized spacial score (nSPS) is 12.4. The molecule has 0 heterocycles. The van der Waals surface area contributed by atoms with E-state index in [0.717, 1.165) is 6.07 Å². The Labute approximate surface area is 117 Å². The molecule has 0 spiro atoms. The number of nitrogens with zero attached hydrogens (tertiary/aromatic N) is 1. The summed E-state index contributed by atoms with van der Waals surface area (Å²) in [5, 5.41) is 11.5. The molecular formula is C13H16ClF3N2. The maximum absolute atomic E-state index is 12.5. The van der Waals surface area contributed by atoms with Gasteiger partial charge in [-0.05, 0) is 25.0 Å². The molecule has 2 nitrogen and oxygen atoms in total. The zero-order valence-electron chi connectivity index (χ0n) is 10.5. The third-order valence-electron chi connectivity index (χ3n) is 2.53. The summed E-state index contributed by atoms with van der Waals surface area (Å²) in [4.78, 5) is 0. The first-order chi connectivity index (χ1) is 8.43. The van der Waals surface area contributed by atoms with Gasteiger partial charge in [-0.2, -0.15) is 18.4 Å². The largest absolute Gasteiger partial charge is 0.416 e. The van der Waals surface area contributed by atoms with Crippen LogP contribution in [0.1, 0.15) is 24.5 Å². The summed E-state index contributed by atoms with van der Waals surface area (Å²) in [6.45, 7) is 2.44. The van der Waals surface area contributed by atoms with E-state index in [-0.39, 0.29) is 18.4 Å². The second-order valence-electron chi connectivity index (χ2n) is 4.17. The Balaban J connectivity index is 0.00000324. The molecule has 1 rings (SSSR count). The zero-order valence-corrected chi connectivity index (χ0v) is 11.3. The third-order valence-corrected chi connectivity index (χ3v) is 2.53. The second-order valence-corrected chi connectivity index (χ2v) is 4.17. The maximum atomic E-state index is 12.5. The lowest BCUT2D eigenvalue weighted by Gasteiger charge is -2.14. The molecule has 1 atom stereocenters. The van der Waals surface area contributed by atoms with Gasteiger partial charge in [-0.15, -0.1) is 12.4 Å². The lowest BCUT2D eigenvalue weighted by Crippen LogP contribution is -2.28. The minimum absolute atomic E-state index is 0. The highest BCUT2D eigenvalue weighted by molar-refractivity contribution is 5.85. The van der Waals surface area contributed by atoms with Crippen molar-refractivity contribution in [2.45, 2.75) is 32.0 Å². The van der Waals surface area contributed by atoms with Crippen molar-refractivity contribution in [1.82, 2.24) is 5.32 Å². The number of benzene rings is 1. The molecule has 0 aliphatic rings. The van der Waals surface area contributed by atoms with E-state index in [1.807, 2.05) is 13.0 Å². The predicted octanol–water partition coefficient (Wildman–Crippen LogP) is 3.56. The predicted molar refractivity (Wildman–Crippen MR) is 70.1 cm³/mol. The molecule has 1 aromatic carbocycles. The SMILES string of the molecule is CC(Cc1cccc(C(F)(F)F)c1)NCCC#N.Cl. The first kappa shape index (κ1) is 17.8. The molecule has 0 aromatic heterocycles. The summed E-state index contributed by atoms with van der Waals surface area (Å²) >= 11 is 0. The fourth-order valence-corrected chi connectivity index (χ4v) is 1.67. The fraction of sp³-hybridized carbons (Fsp3) is 0.462. The number of nitrogens with one attached hydrogen (secondary N) is 1. The summed E-state index contributed by atoms with van der Waals surface area (Å²) in [5.74, 6) is 0. The molecule has 1 unspecified atom stereocenters. The van der Waals surface area contributed by atoms with E-state index < -0.39 is 11.7 Å². The Morgan fingerprint density at radius 2 is 2.05 bits per heavy atom. The van der Waals surface area contributed by atoms with Crippen LogP contribution in [0, 0.1) is 11.3 Å². The quantitative estimate of drug-likeness (QED) is 0.842. The molecule has 0 saturated carbocycles. The van der Waals surface area contributed by atoms with Gasteiger partial charge in [0.25, 0.3) is 0 Å². The molecule has 0 saturated heterocycles.